The second kappa shape index (κ2) is 7.21. The van der Waals surface area contributed by atoms with E-state index in [2.05, 4.69) is 10.3 Å². The van der Waals surface area contributed by atoms with Crippen molar-refractivity contribution in [2.75, 3.05) is 7.05 Å². The summed E-state index contributed by atoms with van der Waals surface area (Å²) in [6.07, 6.45) is 0. The molecule has 0 aliphatic rings. The van der Waals surface area contributed by atoms with Gasteiger partial charge < -0.3 is 4.90 Å². The summed E-state index contributed by atoms with van der Waals surface area (Å²) >= 11 is 12.1. The van der Waals surface area contributed by atoms with Crippen LogP contribution in [0.25, 0.3) is 10.9 Å². The molecule has 0 aliphatic heterocycles. The molecule has 0 saturated heterocycles. The molecule has 8 heteroatoms. The second-order valence-electron chi connectivity index (χ2n) is 5.53. The quantitative estimate of drug-likeness (QED) is 0.701. The first-order valence-corrected chi connectivity index (χ1v) is 8.22. The number of fused-ring (bicyclic) bond motifs is 1. The van der Waals surface area contributed by atoms with E-state index in [0.717, 1.165) is 10.2 Å². The number of hydrogen-bond donors (Lipinski definition) is 0. The van der Waals surface area contributed by atoms with Crippen LogP contribution < -0.4 is 5.56 Å². The molecule has 0 unspecified atom stereocenters. The van der Waals surface area contributed by atoms with E-state index < -0.39 is 0 Å². The molecule has 3 aromatic rings. The Hall–Kier alpha value is -2.44. The molecule has 0 radical (unpaired) electrons. The number of amides is 1. The fourth-order valence-corrected chi connectivity index (χ4v) is 2.77. The summed E-state index contributed by atoms with van der Waals surface area (Å²) in [5.74, 6) is -0.289. The molecule has 0 spiro atoms. The number of nitrogens with zero attached hydrogens (tertiary/aromatic N) is 4. The molecule has 3 rings (SSSR count). The number of carbonyl (C=O) groups is 1. The molecule has 128 valence electrons. The summed E-state index contributed by atoms with van der Waals surface area (Å²) in [6, 6.07) is 12.1. The first-order valence-electron chi connectivity index (χ1n) is 7.47. The molecule has 6 nitrogen and oxygen atoms in total. The lowest BCUT2D eigenvalue weighted by Crippen LogP contribution is -2.35. The summed E-state index contributed by atoms with van der Waals surface area (Å²) in [7, 11) is 1.62. The van der Waals surface area contributed by atoms with Crippen molar-refractivity contribution < 1.29 is 4.79 Å². The molecule has 25 heavy (non-hydrogen) atoms. The highest BCUT2D eigenvalue weighted by Gasteiger charge is 2.15. The Balaban J connectivity index is 1.79. The zero-order chi connectivity index (χ0) is 18.0. The third-order valence-electron chi connectivity index (χ3n) is 3.78. The van der Waals surface area contributed by atoms with Gasteiger partial charge in [-0.2, -0.15) is 0 Å². The Morgan fingerprint density at radius 2 is 1.92 bits per heavy atom. The van der Waals surface area contributed by atoms with Gasteiger partial charge in [-0.3, -0.25) is 9.59 Å². The molecule has 0 fully saturated rings. The number of rotatable bonds is 4. The van der Waals surface area contributed by atoms with Gasteiger partial charge in [0.05, 0.1) is 15.4 Å². The zero-order valence-electron chi connectivity index (χ0n) is 13.3. The van der Waals surface area contributed by atoms with Crippen molar-refractivity contribution in [3.63, 3.8) is 0 Å². The summed E-state index contributed by atoms with van der Waals surface area (Å²) < 4.78 is 1.06. The van der Waals surface area contributed by atoms with Crippen molar-refractivity contribution in [3.8, 4) is 0 Å². The first-order chi connectivity index (χ1) is 12.0. The number of benzene rings is 2. The third kappa shape index (κ3) is 3.65. The van der Waals surface area contributed by atoms with Crippen molar-refractivity contribution in [2.45, 2.75) is 13.1 Å². The fourth-order valence-electron chi connectivity index (χ4n) is 2.39. The molecule has 0 aliphatic carbocycles. The second-order valence-corrected chi connectivity index (χ2v) is 6.32. The molecule has 0 atom stereocenters. The Morgan fingerprint density at radius 1 is 1.16 bits per heavy atom. The maximum absolute atomic E-state index is 12.4. The van der Waals surface area contributed by atoms with Gasteiger partial charge in [0, 0.05) is 13.6 Å². The lowest BCUT2D eigenvalue weighted by atomic mass is 10.2. The number of aromatic nitrogens is 3. The van der Waals surface area contributed by atoms with E-state index in [0.29, 0.717) is 20.9 Å². The van der Waals surface area contributed by atoms with Gasteiger partial charge >= 0.3 is 0 Å². The minimum atomic E-state index is -0.354. The predicted molar refractivity (Wildman–Crippen MR) is 96.7 cm³/mol. The highest BCUT2D eigenvalue weighted by molar-refractivity contribution is 6.42. The van der Waals surface area contributed by atoms with Crippen LogP contribution >= 0.6 is 23.2 Å². The summed E-state index contributed by atoms with van der Waals surface area (Å²) in [5.41, 5.74) is 0.866. The number of likely N-dealkylation sites (N-methyl/N-ethyl adjacent to an activating group) is 1. The zero-order valence-corrected chi connectivity index (χ0v) is 14.8. The minimum absolute atomic E-state index is 0.203. The topological polar surface area (TPSA) is 68.1 Å². The van der Waals surface area contributed by atoms with E-state index >= 15 is 0 Å². The standard InChI is InChI=1S/C17H14Cl2N4O2/c1-22(9-11-5-4-7-13(18)16(11)19)15(24)10-23-17(25)12-6-2-3-8-14(12)20-21-23/h2-8H,9-10H2,1H3. The SMILES string of the molecule is CN(Cc1cccc(Cl)c1Cl)C(=O)Cn1nnc2ccccc2c1=O. The molecule has 1 amide bonds. The molecular formula is C17H14Cl2N4O2. The highest BCUT2D eigenvalue weighted by Crippen LogP contribution is 2.26. The number of hydrogen-bond acceptors (Lipinski definition) is 4. The van der Waals surface area contributed by atoms with E-state index in [1.807, 2.05) is 0 Å². The number of halogens is 2. The van der Waals surface area contributed by atoms with Gasteiger partial charge in [-0.05, 0) is 23.8 Å². The van der Waals surface area contributed by atoms with Crippen LogP contribution in [-0.4, -0.2) is 32.8 Å². The van der Waals surface area contributed by atoms with Crippen LogP contribution in [0.15, 0.2) is 47.3 Å². The normalized spacial score (nSPS) is 10.8. The Labute approximate surface area is 153 Å². The first kappa shape index (κ1) is 17.4. The van der Waals surface area contributed by atoms with Crippen molar-refractivity contribution in [3.05, 3.63) is 68.4 Å². The molecule has 0 bridgehead atoms. The van der Waals surface area contributed by atoms with Gasteiger partial charge in [0.1, 0.15) is 12.1 Å². The largest absolute Gasteiger partial charge is 0.340 e. The summed E-state index contributed by atoms with van der Waals surface area (Å²) in [5, 5.41) is 9.05. The van der Waals surface area contributed by atoms with Crippen molar-refractivity contribution in [1.82, 2.24) is 19.9 Å². The van der Waals surface area contributed by atoms with E-state index in [-0.39, 0.29) is 24.6 Å². The van der Waals surface area contributed by atoms with Crippen molar-refractivity contribution in [1.29, 1.82) is 0 Å². The Bertz CT molecular complexity index is 1000. The Kier molecular flexibility index (Phi) is 5.01. The van der Waals surface area contributed by atoms with E-state index in [4.69, 9.17) is 23.2 Å². The molecular weight excluding hydrogens is 363 g/mol. The molecule has 2 aromatic carbocycles. The van der Waals surface area contributed by atoms with Gasteiger partial charge in [0.25, 0.3) is 5.56 Å². The maximum Gasteiger partial charge on any atom is 0.278 e. The van der Waals surface area contributed by atoms with E-state index in [1.165, 1.54) is 4.90 Å². The molecule has 0 N–H and O–H groups in total. The highest BCUT2D eigenvalue weighted by atomic mass is 35.5. The maximum atomic E-state index is 12.4. The van der Waals surface area contributed by atoms with Crippen LogP contribution in [-0.2, 0) is 17.9 Å². The molecule has 0 saturated carbocycles. The van der Waals surface area contributed by atoms with E-state index in [9.17, 15) is 9.59 Å². The van der Waals surface area contributed by atoms with Gasteiger partial charge in [-0.15, -0.1) is 5.10 Å². The van der Waals surface area contributed by atoms with Gasteiger partial charge in [-0.1, -0.05) is 52.7 Å². The average molecular weight is 377 g/mol. The fraction of sp³-hybridized carbons (Fsp3) is 0.176. The van der Waals surface area contributed by atoms with Crippen LogP contribution in [0, 0.1) is 0 Å². The van der Waals surface area contributed by atoms with Crippen molar-refractivity contribution >= 4 is 40.0 Å². The Morgan fingerprint density at radius 3 is 2.72 bits per heavy atom. The predicted octanol–water partition coefficient (Wildman–Crippen LogP) is 2.76. The van der Waals surface area contributed by atoms with Gasteiger partial charge in [0.15, 0.2) is 0 Å². The summed E-state index contributed by atoms with van der Waals surface area (Å²) in [4.78, 5) is 26.3. The lowest BCUT2D eigenvalue weighted by Gasteiger charge is -2.18. The van der Waals surface area contributed by atoms with E-state index in [1.54, 1.807) is 49.5 Å². The third-order valence-corrected chi connectivity index (χ3v) is 4.64. The van der Waals surface area contributed by atoms with Crippen molar-refractivity contribution in [2.24, 2.45) is 0 Å². The van der Waals surface area contributed by atoms with Crippen LogP contribution in [0.1, 0.15) is 5.56 Å². The number of carbonyl (C=O) groups excluding carboxylic acids is 1. The smallest absolute Gasteiger partial charge is 0.278 e. The average Bonchev–Trinajstić information content (AvgIpc) is 2.61. The monoisotopic (exact) mass is 376 g/mol. The van der Waals surface area contributed by atoms with Gasteiger partial charge in [-0.25, -0.2) is 4.68 Å². The van der Waals surface area contributed by atoms with Crippen LogP contribution in [0.4, 0.5) is 0 Å². The molecule has 1 heterocycles. The minimum Gasteiger partial charge on any atom is -0.340 e. The van der Waals surface area contributed by atoms with Crippen LogP contribution in [0.2, 0.25) is 10.0 Å². The summed E-state index contributed by atoms with van der Waals surface area (Å²) in [6.45, 7) is 0.0688. The van der Waals surface area contributed by atoms with Crippen LogP contribution in [0.3, 0.4) is 0 Å². The van der Waals surface area contributed by atoms with Gasteiger partial charge in [0.2, 0.25) is 5.91 Å². The van der Waals surface area contributed by atoms with Crippen LogP contribution in [0.5, 0.6) is 0 Å². The molecule has 1 aromatic heterocycles. The lowest BCUT2D eigenvalue weighted by molar-refractivity contribution is -0.131.